The number of likely N-dealkylation sites (tertiary alicyclic amines) is 1. The highest BCUT2D eigenvalue weighted by atomic mass is 127. The zero-order valence-electron chi connectivity index (χ0n) is 9.78. The quantitative estimate of drug-likeness (QED) is 0.762. The Morgan fingerprint density at radius 1 is 1.47 bits per heavy atom. The number of carbonyl (C=O) groups is 1. The third-order valence-electron chi connectivity index (χ3n) is 3.06. The molecule has 0 atom stereocenters. The van der Waals surface area contributed by atoms with Gasteiger partial charge in [0, 0.05) is 22.7 Å². The van der Waals surface area contributed by atoms with Crippen molar-refractivity contribution in [2.24, 2.45) is 0 Å². The summed E-state index contributed by atoms with van der Waals surface area (Å²) in [5.41, 5.74) is 0.175. The average Bonchev–Trinajstić information content (AvgIpc) is 2.19. The van der Waals surface area contributed by atoms with Gasteiger partial charge in [0.25, 0.3) is 5.91 Å². The van der Waals surface area contributed by atoms with Gasteiger partial charge >= 0.3 is 0 Å². The van der Waals surface area contributed by atoms with Crippen LogP contribution in [0.3, 0.4) is 0 Å². The molecule has 1 fully saturated rings. The largest absolute Gasteiger partial charge is 0.335 e. The maximum atomic E-state index is 13.8. The Morgan fingerprint density at radius 2 is 2.12 bits per heavy atom. The van der Waals surface area contributed by atoms with Crippen LogP contribution in [-0.2, 0) is 0 Å². The molecule has 0 saturated carbocycles. The number of nitrogens with zero attached hydrogens (tertiary/aromatic N) is 2. The van der Waals surface area contributed by atoms with Gasteiger partial charge in [0.2, 0.25) is 0 Å². The number of halogens is 2. The normalized spacial score (nSPS) is 16.2. The van der Waals surface area contributed by atoms with Crippen LogP contribution < -0.4 is 0 Å². The van der Waals surface area contributed by atoms with Crippen molar-refractivity contribution in [2.75, 3.05) is 27.2 Å². The van der Waals surface area contributed by atoms with Gasteiger partial charge in [-0.15, -0.1) is 0 Å². The molecule has 1 aliphatic rings. The van der Waals surface area contributed by atoms with Gasteiger partial charge in [-0.2, -0.15) is 0 Å². The van der Waals surface area contributed by atoms with Crippen molar-refractivity contribution in [1.29, 1.82) is 0 Å². The van der Waals surface area contributed by atoms with E-state index in [1.165, 1.54) is 0 Å². The number of benzene rings is 1. The van der Waals surface area contributed by atoms with Crippen molar-refractivity contribution in [3.05, 3.63) is 33.1 Å². The molecule has 1 aliphatic heterocycles. The van der Waals surface area contributed by atoms with Gasteiger partial charge in [0.1, 0.15) is 5.82 Å². The molecule has 1 amide bonds. The minimum Gasteiger partial charge on any atom is -0.335 e. The fourth-order valence-corrected chi connectivity index (χ4v) is 2.29. The molecule has 0 spiro atoms. The zero-order chi connectivity index (χ0) is 12.6. The van der Waals surface area contributed by atoms with E-state index in [0.29, 0.717) is 22.7 Å². The standard InChI is InChI=1S/C12H14FIN2O/c1-15(2)8-6-16(7-8)12(17)9-4-3-5-10(14)11(9)13/h3-5,8H,6-7H2,1-2H3. The number of likely N-dealkylation sites (N-methyl/N-ethyl adjacent to an activating group) is 1. The van der Waals surface area contributed by atoms with Crippen molar-refractivity contribution >= 4 is 28.5 Å². The lowest BCUT2D eigenvalue weighted by Gasteiger charge is -2.42. The van der Waals surface area contributed by atoms with Crippen LogP contribution >= 0.6 is 22.6 Å². The van der Waals surface area contributed by atoms with Gasteiger partial charge in [-0.3, -0.25) is 4.79 Å². The Labute approximate surface area is 114 Å². The van der Waals surface area contributed by atoms with E-state index in [1.807, 2.05) is 36.7 Å². The smallest absolute Gasteiger partial charge is 0.256 e. The summed E-state index contributed by atoms with van der Waals surface area (Å²) in [6, 6.07) is 5.31. The van der Waals surface area contributed by atoms with E-state index in [1.54, 1.807) is 23.1 Å². The van der Waals surface area contributed by atoms with Gasteiger partial charge in [0.05, 0.1) is 5.56 Å². The van der Waals surface area contributed by atoms with Crippen molar-refractivity contribution in [3.63, 3.8) is 0 Å². The minimum atomic E-state index is -0.411. The molecule has 17 heavy (non-hydrogen) atoms. The summed E-state index contributed by atoms with van der Waals surface area (Å²) >= 11 is 1.90. The molecule has 0 unspecified atom stereocenters. The van der Waals surface area contributed by atoms with E-state index in [4.69, 9.17) is 0 Å². The third-order valence-corrected chi connectivity index (χ3v) is 3.89. The molecule has 2 rings (SSSR count). The topological polar surface area (TPSA) is 23.6 Å². The van der Waals surface area contributed by atoms with E-state index in [0.717, 1.165) is 0 Å². The summed E-state index contributed by atoms with van der Waals surface area (Å²) < 4.78 is 14.2. The second-order valence-corrected chi connectivity index (χ2v) is 5.59. The lowest BCUT2D eigenvalue weighted by molar-refractivity contribution is 0.0395. The number of amides is 1. The third kappa shape index (κ3) is 2.44. The second kappa shape index (κ2) is 4.89. The van der Waals surface area contributed by atoms with Gasteiger partial charge in [0.15, 0.2) is 0 Å². The van der Waals surface area contributed by atoms with Crippen molar-refractivity contribution in [3.8, 4) is 0 Å². The zero-order valence-corrected chi connectivity index (χ0v) is 11.9. The molecule has 5 heteroatoms. The summed E-state index contributed by atoms with van der Waals surface area (Å²) in [7, 11) is 3.97. The number of hydrogen-bond donors (Lipinski definition) is 0. The molecular weight excluding hydrogens is 334 g/mol. The Morgan fingerprint density at radius 3 is 2.71 bits per heavy atom. The molecule has 1 heterocycles. The van der Waals surface area contributed by atoms with Gasteiger partial charge < -0.3 is 9.80 Å². The Kier molecular flexibility index (Phi) is 3.67. The maximum Gasteiger partial charge on any atom is 0.256 e. The predicted molar refractivity (Wildman–Crippen MR) is 72.5 cm³/mol. The monoisotopic (exact) mass is 348 g/mol. The molecule has 0 bridgehead atoms. The molecule has 0 N–H and O–H groups in total. The summed E-state index contributed by atoms with van der Waals surface area (Å²) in [6.07, 6.45) is 0. The molecule has 3 nitrogen and oxygen atoms in total. The molecular formula is C12H14FIN2O. The van der Waals surface area contributed by atoms with Crippen molar-refractivity contribution in [2.45, 2.75) is 6.04 Å². The first-order valence-electron chi connectivity index (χ1n) is 5.40. The molecule has 0 aliphatic carbocycles. The van der Waals surface area contributed by atoms with E-state index < -0.39 is 5.82 Å². The number of carbonyl (C=O) groups excluding carboxylic acids is 1. The summed E-state index contributed by atoms with van der Waals surface area (Å²) in [4.78, 5) is 15.8. The summed E-state index contributed by atoms with van der Waals surface area (Å²) in [5, 5.41) is 0. The average molecular weight is 348 g/mol. The van der Waals surface area contributed by atoms with E-state index in [9.17, 15) is 9.18 Å². The Hall–Kier alpha value is -0.690. The van der Waals surface area contributed by atoms with Crippen LogP contribution in [0, 0.1) is 9.39 Å². The highest BCUT2D eigenvalue weighted by molar-refractivity contribution is 14.1. The first-order chi connectivity index (χ1) is 8.00. The fourth-order valence-electron chi connectivity index (χ4n) is 1.79. The van der Waals surface area contributed by atoms with Crippen LogP contribution in [0.25, 0.3) is 0 Å². The highest BCUT2D eigenvalue weighted by Crippen LogP contribution is 2.20. The second-order valence-electron chi connectivity index (χ2n) is 4.43. The number of rotatable bonds is 2. The minimum absolute atomic E-state index is 0.175. The maximum absolute atomic E-state index is 13.8. The predicted octanol–water partition coefficient (Wildman–Crippen LogP) is 1.82. The van der Waals surface area contributed by atoms with Gasteiger partial charge in [-0.1, -0.05) is 6.07 Å². The summed E-state index contributed by atoms with van der Waals surface area (Å²) in [6.45, 7) is 1.35. The molecule has 1 aromatic rings. The van der Waals surface area contributed by atoms with Crippen molar-refractivity contribution in [1.82, 2.24) is 9.80 Å². The van der Waals surface area contributed by atoms with Crippen LogP contribution in [0.2, 0.25) is 0 Å². The van der Waals surface area contributed by atoms with Crippen LogP contribution in [0.4, 0.5) is 4.39 Å². The molecule has 0 aromatic heterocycles. The molecule has 0 radical (unpaired) electrons. The highest BCUT2D eigenvalue weighted by Gasteiger charge is 2.33. The Bertz CT molecular complexity index is 444. The lowest BCUT2D eigenvalue weighted by atomic mass is 10.1. The van der Waals surface area contributed by atoms with Crippen LogP contribution in [0.15, 0.2) is 18.2 Å². The van der Waals surface area contributed by atoms with Crippen molar-refractivity contribution < 1.29 is 9.18 Å². The first-order valence-corrected chi connectivity index (χ1v) is 6.48. The fraction of sp³-hybridized carbons (Fsp3) is 0.417. The van der Waals surface area contributed by atoms with E-state index in [2.05, 4.69) is 4.90 Å². The van der Waals surface area contributed by atoms with Crippen LogP contribution in [0.1, 0.15) is 10.4 Å². The molecule has 92 valence electrons. The lowest BCUT2D eigenvalue weighted by Crippen LogP contribution is -2.59. The van der Waals surface area contributed by atoms with Crippen LogP contribution in [0.5, 0.6) is 0 Å². The molecule has 1 saturated heterocycles. The SMILES string of the molecule is CN(C)C1CN(C(=O)c2cccc(I)c2F)C1. The molecule has 1 aromatic carbocycles. The summed E-state index contributed by atoms with van der Waals surface area (Å²) in [5.74, 6) is -0.620. The number of hydrogen-bond acceptors (Lipinski definition) is 2. The first kappa shape index (κ1) is 12.8. The van der Waals surface area contributed by atoms with Gasteiger partial charge in [-0.05, 0) is 48.8 Å². The van der Waals surface area contributed by atoms with Crippen LogP contribution in [-0.4, -0.2) is 48.9 Å². The van der Waals surface area contributed by atoms with E-state index >= 15 is 0 Å². The Balaban J connectivity index is 2.09. The van der Waals surface area contributed by atoms with Gasteiger partial charge in [-0.25, -0.2) is 4.39 Å². The van der Waals surface area contributed by atoms with E-state index in [-0.39, 0.29) is 11.5 Å².